The third-order valence-electron chi connectivity index (χ3n) is 2.83. The Labute approximate surface area is 109 Å². The molecule has 2 heterocycles. The minimum absolute atomic E-state index is 0.457. The van der Waals surface area contributed by atoms with Gasteiger partial charge in [-0.25, -0.2) is 4.98 Å². The Morgan fingerprint density at radius 1 is 1.17 bits per heavy atom. The van der Waals surface area contributed by atoms with Crippen molar-refractivity contribution in [1.82, 2.24) is 19.7 Å². The van der Waals surface area contributed by atoms with E-state index in [0.29, 0.717) is 5.25 Å². The van der Waals surface area contributed by atoms with Crippen LogP contribution in [0.5, 0.6) is 0 Å². The summed E-state index contributed by atoms with van der Waals surface area (Å²) in [6.07, 6.45) is 0. The van der Waals surface area contributed by atoms with Crippen molar-refractivity contribution in [3.05, 3.63) is 24.3 Å². The van der Waals surface area contributed by atoms with Gasteiger partial charge in [0.25, 0.3) is 0 Å². The van der Waals surface area contributed by atoms with Crippen LogP contribution in [0.1, 0.15) is 13.8 Å². The molecule has 0 aliphatic heterocycles. The van der Waals surface area contributed by atoms with Crippen molar-refractivity contribution in [3.8, 4) is 0 Å². The molecule has 0 amide bonds. The van der Waals surface area contributed by atoms with Crippen molar-refractivity contribution in [2.45, 2.75) is 24.3 Å². The Balaban J connectivity index is 2.28. The molecule has 0 atom stereocenters. The molecule has 0 fully saturated rings. The van der Waals surface area contributed by atoms with Gasteiger partial charge < -0.3 is 4.57 Å². The molecule has 0 unspecified atom stereocenters. The van der Waals surface area contributed by atoms with E-state index in [1.807, 2.05) is 19.2 Å². The van der Waals surface area contributed by atoms with Crippen LogP contribution in [0, 0.1) is 0 Å². The number of fused-ring (bicyclic) bond motifs is 3. The third kappa shape index (κ3) is 1.75. The lowest BCUT2D eigenvalue weighted by molar-refractivity contribution is 0.851. The van der Waals surface area contributed by atoms with Crippen molar-refractivity contribution in [2.24, 2.45) is 7.05 Å². The minimum atomic E-state index is 0.457. The second kappa shape index (κ2) is 4.24. The lowest BCUT2D eigenvalue weighted by Crippen LogP contribution is -1.97. The van der Waals surface area contributed by atoms with Gasteiger partial charge in [-0.05, 0) is 6.07 Å². The Kier molecular flexibility index (Phi) is 2.70. The molecule has 4 nitrogen and oxygen atoms in total. The van der Waals surface area contributed by atoms with E-state index in [4.69, 9.17) is 0 Å². The predicted octanol–water partition coefficient (Wildman–Crippen LogP) is 3.02. The van der Waals surface area contributed by atoms with E-state index < -0.39 is 0 Å². The van der Waals surface area contributed by atoms with Crippen LogP contribution in [-0.2, 0) is 7.05 Å². The van der Waals surface area contributed by atoms with Crippen LogP contribution in [0.15, 0.2) is 29.4 Å². The zero-order chi connectivity index (χ0) is 12.7. The summed E-state index contributed by atoms with van der Waals surface area (Å²) < 4.78 is 2.07. The zero-order valence-electron chi connectivity index (χ0n) is 10.6. The Bertz CT molecular complexity index is 717. The van der Waals surface area contributed by atoms with Crippen LogP contribution in [0.2, 0.25) is 0 Å². The van der Waals surface area contributed by atoms with E-state index in [0.717, 1.165) is 27.2 Å². The smallest absolute Gasteiger partial charge is 0.211 e. The highest BCUT2D eigenvalue weighted by Crippen LogP contribution is 2.26. The summed E-state index contributed by atoms with van der Waals surface area (Å²) in [5.74, 6) is 0. The van der Waals surface area contributed by atoms with Crippen LogP contribution in [0.4, 0.5) is 0 Å². The maximum Gasteiger partial charge on any atom is 0.211 e. The van der Waals surface area contributed by atoms with E-state index in [-0.39, 0.29) is 0 Å². The summed E-state index contributed by atoms with van der Waals surface area (Å²) in [5, 5.41) is 10.8. The number of hydrogen-bond acceptors (Lipinski definition) is 4. The van der Waals surface area contributed by atoms with Gasteiger partial charge in [-0.1, -0.05) is 43.8 Å². The summed E-state index contributed by atoms with van der Waals surface area (Å²) in [6.45, 7) is 4.25. The number of nitrogens with zero attached hydrogens (tertiary/aromatic N) is 4. The van der Waals surface area contributed by atoms with E-state index in [9.17, 15) is 0 Å². The number of hydrogen-bond donors (Lipinski definition) is 0. The molecule has 0 aliphatic carbocycles. The average Bonchev–Trinajstić information content (AvgIpc) is 2.63. The van der Waals surface area contributed by atoms with Crippen molar-refractivity contribution < 1.29 is 0 Å². The molecule has 0 spiro atoms. The monoisotopic (exact) mass is 258 g/mol. The van der Waals surface area contributed by atoms with Gasteiger partial charge in [0.2, 0.25) is 5.16 Å². The first-order chi connectivity index (χ1) is 8.66. The van der Waals surface area contributed by atoms with E-state index >= 15 is 0 Å². The van der Waals surface area contributed by atoms with Crippen molar-refractivity contribution in [3.63, 3.8) is 0 Å². The fraction of sp³-hybridized carbons (Fsp3) is 0.308. The molecule has 0 aliphatic rings. The fourth-order valence-corrected chi connectivity index (χ4v) is 2.70. The van der Waals surface area contributed by atoms with Gasteiger partial charge in [-0.3, -0.25) is 0 Å². The summed E-state index contributed by atoms with van der Waals surface area (Å²) in [6, 6.07) is 8.18. The summed E-state index contributed by atoms with van der Waals surface area (Å²) >= 11 is 1.63. The Hall–Kier alpha value is -1.62. The Morgan fingerprint density at radius 3 is 2.72 bits per heavy atom. The number of thioether (sulfide) groups is 1. The van der Waals surface area contributed by atoms with Gasteiger partial charge in [0.1, 0.15) is 5.52 Å². The normalized spacial score (nSPS) is 11.8. The van der Waals surface area contributed by atoms with Crippen LogP contribution in [-0.4, -0.2) is 25.0 Å². The molecule has 0 saturated carbocycles. The molecule has 18 heavy (non-hydrogen) atoms. The SMILES string of the molecule is CC(C)Sc1nnc2c3ccccc3n(C)c2n1. The molecule has 92 valence electrons. The van der Waals surface area contributed by atoms with Crippen LogP contribution >= 0.6 is 11.8 Å². The first-order valence-corrected chi connectivity index (χ1v) is 6.79. The van der Waals surface area contributed by atoms with Gasteiger partial charge in [-0.15, -0.1) is 10.2 Å². The zero-order valence-corrected chi connectivity index (χ0v) is 11.4. The number of aryl methyl sites for hydroxylation is 1. The summed E-state index contributed by atoms with van der Waals surface area (Å²) in [5.41, 5.74) is 2.91. The van der Waals surface area contributed by atoms with Crippen molar-refractivity contribution in [1.29, 1.82) is 0 Å². The molecular formula is C13H14N4S. The second-order valence-electron chi connectivity index (χ2n) is 4.51. The van der Waals surface area contributed by atoms with E-state index in [1.165, 1.54) is 0 Å². The molecule has 0 bridgehead atoms. The first-order valence-electron chi connectivity index (χ1n) is 5.91. The maximum atomic E-state index is 4.60. The highest BCUT2D eigenvalue weighted by molar-refractivity contribution is 7.99. The fourth-order valence-electron chi connectivity index (χ4n) is 2.05. The van der Waals surface area contributed by atoms with Crippen LogP contribution in [0.25, 0.3) is 22.1 Å². The van der Waals surface area contributed by atoms with Gasteiger partial charge in [0.15, 0.2) is 5.65 Å². The lowest BCUT2D eigenvalue weighted by Gasteiger charge is -2.02. The molecular weight excluding hydrogens is 244 g/mol. The second-order valence-corrected chi connectivity index (χ2v) is 6.05. The summed E-state index contributed by atoms with van der Waals surface area (Å²) in [4.78, 5) is 4.60. The van der Waals surface area contributed by atoms with E-state index in [2.05, 4.69) is 45.7 Å². The summed E-state index contributed by atoms with van der Waals surface area (Å²) in [7, 11) is 2.02. The minimum Gasteiger partial charge on any atom is -0.327 e. The molecule has 0 saturated heterocycles. The number of para-hydroxylation sites is 1. The lowest BCUT2D eigenvalue weighted by atomic mass is 10.2. The van der Waals surface area contributed by atoms with E-state index in [1.54, 1.807) is 11.8 Å². The number of benzene rings is 1. The van der Waals surface area contributed by atoms with Gasteiger partial charge in [0, 0.05) is 17.7 Å². The standard InChI is InChI=1S/C13H14N4S/c1-8(2)18-13-14-12-11(15-16-13)9-6-4-5-7-10(9)17(12)3/h4-8H,1-3H3. The van der Waals surface area contributed by atoms with Gasteiger partial charge in [0.05, 0.1) is 5.52 Å². The molecule has 3 rings (SSSR count). The molecule has 5 heteroatoms. The van der Waals surface area contributed by atoms with Gasteiger partial charge >= 0.3 is 0 Å². The quantitative estimate of drug-likeness (QED) is 0.663. The first kappa shape index (κ1) is 11.5. The molecule has 1 aromatic carbocycles. The highest BCUT2D eigenvalue weighted by atomic mass is 32.2. The predicted molar refractivity (Wildman–Crippen MR) is 74.8 cm³/mol. The topological polar surface area (TPSA) is 43.6 Å². The molecule has 2 aromatic heterocycles. The molecule has 0 radical (unpaired) electrons. The van der Waals surface area contributed by atoms with Crippen molar-refractivity contribution in [2.75, 3.05) is 0 Å². The van der Waals surface area contributed by atoms with Crippen molar-refractivity contribution >= 4 is 33.8 Å². The average molecular weight is 258 g/mol. The molecule has 3 aromatic rings. The number of aromatic nitrogens is 4. The third-order valence-corrected chi connectivity index (χ3v) is 3.68. The van der Waals surface area contributed by atoms with Gasteiger partial charge in [-0.2, -0.15) is 0 Å². The van der Waals surface area contributed by atoms with Crippen LogP contribution < -0.4 is 0 Å². The molecule has 0 N–H and O–H groups in total. The number of rotatable bonds is 2. The van der Waals surface area contributed by atoms with Crippen LogP contribution in [0.3, 0.4) is 0 Å². The maximum absolute atomic E-state index is 4.60. The Morgan fingerprint density at radius 2 is 1.94 bits per heavy atom. The largest absolute Gasteiger partial charge is 0.327 e. The highest BCUT2D eigenvalue weighted by Gasteiger charge is 2.12.